The zero-order chi connectivity index (χ0) is 17.1. The number of benzene rings is 2. The Hall–Kier alpha value is -2.60. The van der Waals surface area contributed by atoms with Gasteiger partial charge in [-0.05, 0) is 30.7 Å². The van der Waals surface area contributed by atoms with E-state index in [2.05, 4.69) is 33.8 Å². The topological polar surface area (TPSA) is 56.7 Å². The van der Waals surface area contributed by atoms with Gasteiger partial charge < -0.3 is 8.98 Å². The molecule has 6 heteroatoms. The van der Waals surface area contributed by atoms with E-state index in [0.717, 1.165) is 29.2 Å². The fourth-order valence-corrected chi connectivity index (χ4v) is 3.62. The van der Waals surface area contributed by atoms with Crippen molar-refractivity contribution in [2.45, 2.75) is 30.8 Å². The zero-order valence-electron chi connectivity index (χ0n) is 13.9. The quantitative estimate of drug-likeness (QED) is 0.468. The molecule has 0 N–H and O–H groups in total. The number of fused-ring (bicyclic) bond motifs is 1. The van der Waals surface area contributed by atoms with Crippen molar-refractivity contribution < 1.29 is 4.42 Å². The Labute approximate surface area is 150 Å². The van der Waals surface area contributed by atoms with Crippen LogP contribution in [0, 0.1) is 0 Å². The maximum absolute atomic E-state index is 5.79. The van der Waals surface area contributed by atoms with E-state index in [1.54, 1.807) is 11.8 Å². The van der Waals surface area contributed by atoms with E-state index in [0.29, 0.717) is 17.5 Å². The predicted molar refractivity (Wildman–Crippen MR) is 99.3 cm³/mol. The highest BCUT2D eigenvalue weighted by Gasteiger charge is 2.13. The zero-order valence-corrected chi connectivity index (χ0v) is 14.7. The van der Waals surface area contributed by atoms with E-state index >= 15 is 0 Å². The van der Waals surface area contributed by atoms with Gasteiger partial charge in [-0.2, -0.15) is 0 Å². The number of rotatable bonds is 6. The largest absolute Gasteiger partial charge is 0.420 e. The number of thioether (sulfide) groups is 1. The van der Waals surface area contributed by atoms with Crippen molar-refractivity contribution in [1.29, 1.82) is 0 Å². The second kappa shape index (κ2) is 7.11. The van der Waals surface area contributed by atoms with Crippen LogP contribution >= 0.6 is 11.8 Å². The molecule has 0 fully saturated rings. The molecule has 2 heterocycles. The van der Waals surface area contributed by atoms with E-state index in [-0.39, 0.29) is 0 Å². The van der Waals surface area contributed by atoms with Crippen molar-refractivity contribution in [2.24, 2.45) is 0 Å². The van der Waals surface area contributed by atoms with Gasteiger partial charge in [0, 0.05) is 12.1 Å². The third-order valence-corrected chi connectivity index (χ3v) is 4.84. The Morgan fingerprint density at radius 3 is 2.64 bits per heavy atom. The van der Waals surface area contributed by atoms with Crippen molar-refractivity contribution in [3.8, 4) is 11.5 Å². The SMILES string of the molecule is CCCn1c(SCc2nnc(-c3ccccc3)o2)nc2ccccc21. The fourth-order valence-electron chi connectivity index (χ4n) is 2.74. The van der Waals surface area contributed by atoms with Gasteiger partial charge in [-0.15, -0.1) is 10.2 Å². The lowest BCUT2D eigenvalue weighted by Gasteiger charge is -2.05. The van der Waals surface area contributed by atoms with Gasteiger partial charge in [0.05, 0.1) is 16.8 Å². The van der Waals surface area contributed by atoms with Crippen molar-refractivity contribution >= 4 is 22.8 Å². The molecule has 5 nitrogen and oxygen atoms in total. The molecule has 126 valence electrons. The van der Waals surface area contributed by atoms with Gasteiger partial charge in [-0.25, -0.2) is 4.98 Å². The lowest BCUT2D eigenvalue weighted by atomic mass is 10.2. The highest BCUT2D eigenvalue weighted by molar-refractivity contribution is 7.98. The van der Waals surface area contributed by atoms with Gasteiger partial charge >= 0.3 is 0 Å². The first kappa shape index (κ1) is 15.9. The van der Waals surface area contributed by atoms with Crippen LogP contribution in [0.3, 0.4) is 0 Å². The van der Waals surface area contributed by atoms with Crippen LogP contribution in [0.25, 0.3) is 22.5 Å². The molecule has 0 amide bonds. The molecule has 0 saturated heterocycles. The molecule has 25 heavy (non-hydrogen) atoms. The van der Waals surface area contributed by atoms with Crippen molar-refractivity contribution in [3.05, 3.63) is 60.5 Å². The Kier molecular flexibility index (Phi) is 4.52. The molecule has 0 atom stereocenters. The third-order valence-electron chi connectivity index (χ3n) is 3.88. The summed E-state index contributed by atoms with van der Waals surface area (Å²) in [6, 6.07) is 18.0. The molecule has 2 aromatic heterocycles. The minimum absolute atomic E-state index is 0.554. The van der Waals surface area contributed by atoms with E-state index in [4.69, 9.17) is 9.40 Å². The molecule has 0 aliphatic rings. The van der Waals surface area contributed by atoms with Gasteiger partial charge in [0.1, 0.15) is 0 Å². The maximum Gasteiger partial charge on any atom is 0.247 e. The minimum atomic E-state index is 0.554. The Bertz CT molecular complexity index is 977. The molecule has 0 radical (unpaired) electrons. The van der Waals surface area contributed by atoms with Gasteiger partial charge in [0.2, 0.25) is 11.8 Å². The first-order chi connectivity index (χ1) is 12.3. The fraction of sp³-hybridized carbons (Fsp3) is 0.211. The highest BCUT2D eigenvalue weighted by atomic mass is 32.2. The lowest BCUT2D eigenvalue weighted by molar-refractivity contribution is 0.528. The first-order valence-corrected chi connectivity index (χ1v) is 9.29. The second-order valence-corrected chi connectivity index (χ2v) is 6.63. The van der Waals surface area contributed by atoms with Gasteiger partial charge in [0.25, 0.3) is 0 Å². The number of aryl methyl sites for hydroxylation is 1. The predicted octanol–water partition coefficient (Wildman–Crippen LogP) is 4.79. The maximum atomic E-state index is 5.79. The van der Waals surface area contributed by atoms with E-state index in [9.17, 15) is 0 Å². The molecular weight excluding hydrogens is 332 g/mol. The third kappa shape index (κ3) is 3.30. The molecule has 4 aromatic rings. The summed E-state index contributed by atoms with van der Waals surface area (Å²) in [6.45, 7) is 3.12. The molecule has 2 aromatic carbocycles. The van der Waals surface area contributed by atoms with Crippen LogP contribution in [0.15, 0.2) is 64.2 Å². The van der Waals surface area contributed by atoms with Gasteiger partial charge in [-0.3, -0.25) is 0 Å². The monoisotopic (exact) mass is 350 g/mol. The summed E-state index contributed by atoms with van der Waals surface area (Å²) in [5.41, 5.74) is 3.13. The summed E-state index contributed by atoms with van der Waals surface area (Å²) in [4.78, 5) is 4.75. The van der Waals surface area contributed by atoms with Crippen LogP contribution in [-0.4, -0.2) is 19.7 Å². The van der Waals surface area contributed by atoms with Crippen molar-refractivity contribution in [2.75, 3.05) is 0 Å². The van der Waals surface area contributed by atoms with Crippen LogP contribution in [0.2, 0.25) is 0 Å². The summed E-state index contributed by atoms with van der Waals surface area (Å²) >= 11 is 1.63. The molecule has 4 rings (SSSR count). The van der Waals surface area contributed by atoms with Crippen molar-refractivity contribution in [1.82, 2.24) is 19.7 Å². The summed E-state index contributed by atoms with van der Waals surface area (Å²) in [5.74, 6) is 1.77. The average Bonchev–Trinajstić information content (AvgIpc) is 3.26. The molecule has 0 unspecified atom stereocenters. The minimum Gasteiger partial charge on any atom is -0.420 e. The molecule has 0 aliphatic carbocycles. The Morgan fingerprint density at radius 1 is 1.00 bits per heavy atom. The summed E-state index contributed by atoms with van der Waals surface area (Å²) in [5, 5.41) is 9.29. The first-order valence-electron chi connectivity index (χ1n) is 8.31. The summed E-state index contributed by atoms with van der Waals surface area (Å²) < 4.78 is 8.04. The number of imidazole rings is 1. The van der Waals surface area contributed by atoms with E-state index in [1.807, 2.05) is 42.5 Å². The summed E-state index contributed by atoms with van der Waals surface area (Å²) in [7, 11) is 0. The van der Waals surface area contributed by atoms with Crippen molar-refractivity contribution in [3.63, 3.8) is 0 Å². The van der Waals surface area contributed by atoms with E-state index < -0.39 is 0 Å². The molecule has 0 saturated carbocycles. The smallest absolute Gasteiger partial charge is 0.247 e. The highest BCUT2D eigenvalue weighted by Crippen LogP contribution is 2.27. The molecule has 0 aliphatic heterocycles. The normalized spacial score (nSPS) is 11.2. The molecule has 0 spiro atoms. The van der Waals surface area contributed by atoms with Crippen LogP contribution in [0.4, 0.5) is 0 Å². The van der Waals surface area contributed by atoms with Crippen LogP contribution in [-0.2, 0) is 12.3 Å². The van der Waals surface area contributed by atoms with Crippen LogP contribution in [0.1, 0.15) is 19.2 Å². The summed E-state index contributed by atoms with van der Waals surface area (Å²) in [6.07, 6.45) is 1.06. The van der Waals surface area contributed by atoms with Crippen LogP contribution < -0.4 is 0 Å². The standard InChI is InChI=1S/C19H18N4OS/c1-2-12-23-16-11-7-6-10-15(16)20-19(23)25-13-17-21-22-18(24-17)14-8-4-3-5-9-14/h3-11H,2,12-13H2,1H3. The number of aromatic nitrogens is 4. The molecular formula is C19H18N4OS. The van der Waals surface area contributed by atoms with Crippen LogP contribution in [0.5, 0.6) is 0 Å². The number of hydrogen-bond acceptors (Lipinski definition) is 5. The Morgan fingerprint density at radius 2 is 1.80 bits per heavy atom. The number of para-hydroxylation sites is 2. The van der Waals surface area contributed by atoms with Gasteiger partial charge in [0.15, 0.2) is 5.16 Å². The molecule has 0 bridgehead atoms. The number of nitrogens with zero attached hydrogens (tertiary/aromatic N) is 4. The second-order valence-electron chi connectivity index (χ2n) is 5.69. The average molecular weight is 350 g/mol. The lowest BCUT2D eigenvalue weighted by Crippen LogP contribution is -1.98. The number of hydrogen-bond donors (Lipinski definition) is 0. The van der Waals surface area contributed by atoms with Gasteiger partial charge in [-0.1, -0.05) is 49.0 Å². The Balaban J connectivity index is 1.55. The van der Waals surface area contributed by atoms with E-state index in [1.165, 1.54) is 5.52 Å².